The maximum Gasteiger partial charge on any atom is 0.315 e. The maximum absolute atomic E-state index is 11.9. The molecule has 2 aliphatic rings. The van der Waals surface area contributed by atoms with E-state index in [2.05, 4.69) is 17.6 Å². The Kier molecular flexibility index (Phi) is 4.90. The van der Waals surface area contributed by atoms with Gasteiger partial charge in [0.15, 0.2) is 0 Å². The van der Waals surface area contributed by atoms with Crippen molar-refractivity contribution < 1.29 is 4.79 Å². The Balaban J connectivity index is 1.67. The van der Waals surface area contributed by atoms with E-state index in [9.17, 15) is 4.79 Å². The van der Waals surface area contributed by atoms with Crippen LogP contribution in [-0.4, -0.2) is 18.6 Å². The summed E-state index contributed by atoms with van der Waals surface area (Å²) in [4.78, 5) is 11.9. The van der Waals surface area contributed by atoms with Crippen molar-refractivity contribution in [2.75, 3.05) is 6.54 Å². The van der Waals surface area contributed by atoms with E-state index in [0.717, 1.165) is 19.4 Å². The third kappa shape index (κ3) is 4.18. The highest BCUT2D eigenvalue weighted by atomic mass is 16.2. The number of rotatable bonds is 3. The molecule has 0 aromatic carbocycles. The van der Waals surface area contributed by atoms with Crippen molar-refractivity contribution >= 4 is 6.03 Å². The predicted molar refractivity (Wildman–Crippen MR) is 74.6 cm³/mol. The Morgan fingerprint density at radius 1 is 1.06 bits per heavy atom. The molecule has 0 radical (unpaired) electrons. The summed E-state index contributed by atoms with van der Waals surface area (Å²) in [6, 6.07) is 0.464. The zero-order valence-electron chi connectivity index (χ0n) is 11.8. The van der Waals surface area contributed by atoms with Crippen molar-refractivity contribution in [1.29, 1.82) is 0 Å². The molecule has 2 saturated carbocycles. The number of carbonyl (C=O) groups is 1. The molecular weight excluding hydrogens is 224 g/mol. The smallest absolute Gasteiger partial charge is 0.315 e. The number of hydrogen-bond acceptors (Lipinski definition) is 1. The second-order valence-electron chi connectivity index (χ2n) is 6.53. The van der Waals surface area contributed by atoms with Gasteiger partial charge in [0.05, 0.1) is 0 Å². The highest BCUT2D eigenvalue weighted by molar-refractivity contribution is 5.74. The lowest BCUT2D eigenvalue weighted by atomic mass is 9.76. The van der Waals surface area contributed by atoms with Gasteiger partial charge in [-0.05, 0) is 31.1 Å². The minimum Gasteiger partial charge on any atom is -0.338 e. The van der Waals surface area contributed by atoms with Crippen LogP contribution in [0.25, 0.3) is 0 Å². The van der Waals surface area contributed by atoms with Gasteiger partial charge in [0.2, 0.25) is 0 Å². The van der Waals surface area contributed by atoms with Crippen molar-refractivity contribution in [1.82, 2.24) is 10.6 Å². The highest BCUT2D eigenvalue weighted by Crippen LogP contribution is 2.34. The molecule has 0 aliphatic heterocycles. The average Bonchev–Trinajstić information content (AvgIpc) is 2.39. The van der Waals surface area contributed by atoms with Crippen LogP contribution in [0.5, 0.6) is 0 Å². The van der Waals surface area contributed by atoms with Crippen molar-refractivity contribution in [2.24, 2.45) is 5.41 Å². The molecule has 18 heavy (non-hydrogen) atoms. The lowest BCUT2D eigenvalue weighted by Gasteiger charge is -2.34. The fourth-order valence-corrected chi connectivity index (χ4v) is 3.36. The van der Waals surface area contributed by atoms with Crippen LogP contribution in [0.15, 0.2) is 0 Å². The van der Waals surface area contributed by atoms with Crippen LogP contribution in [-0.2, 0) is 0 Å². The monoisotopic (exact) mass is 252 g/mol. The standard InChI is InChI=1S/C15H28N2O/c1-15(10-6-3-7-11-15)12-16-14(18)17-13-8-4-2-5-9-13/h13H,2-12H2,1H3,(H2,16,17,18). The lowest BCUT2D eigenvalue weighted by molar-refractivity contribution is 0.196. The zero-order valence-corrected chi connectivity index (χ0v) is 11.8. The third-order valence-electron chi connectivity index (χ3n) is 4.68. The second kappa shape index (κ2) is 6.44. The summed E-state index contributed by atoms with van der Waals surface area (Å²) >= 11 is 0. The van der Waals surface area contributed by atoms with Crippen LogP contribution in [0, 0.1) is 5.41 Å². The Bertz CT molecular complexity index is 266. The van der Waals surface area contributed by atoms with Gasteiger partial charge in [0, 0.05) is 12.6 Å². The second-order valence-corrected chi connectivity index (χ2v) is 6.53. The molecule has 0 unspecified atom stereocenters. The number of hydrogen-bond donors (Lipinski definition) is 2. The van der Waals surface area contributed by atoms with Gasteiger partial charge >= 0.3 is 6.03 Å². The molecule has 0 aromatic rings. The first kappa shape index (κ1) is 13.7. The number of carbonyl (C=O) groups excluding carboxylic acids is 1. The van der Waals surface area contributed by atoms with Crippen LogP contribution in [0.1, 0.15) is 71.1 Å². The fraction of sp³-hybridized carbons (Fsp3) is 0.933. The quantitative estimate of drug-likeness (QED) is 0.792. The van der Waals surface area contributed by atoms with E-state index >= 15 is 0 Å². The lowest BCUT2D eigenvalue weighted by Crippen LogP contribution is -2.46. The largest absolute Gasteiger partial charge is 0.338 e. The number of nitrogens with one attached hydrogen (secondary N) is 2. The summed E-state index contributed by atoms with van der Waals surface area (Å²) in [5, 5.41) is 6.22. The molecule has 2 fully saturated rings. The maximum atomic E-state index is 11.9. The molecule has 3 nitrogen and oxygen atoms in total. The minimum atomic E-state index is 0.0497. The summed E-state index contributed by atoms with van der Waals surface area (Å²) in [7, 11) is 0. The molecule has 0 heterocycles. The number of urea groups is 1. The van der Waals surface area contributed by atoms with Gasteiger partial charge < -0.3 is 10.6 Å². The topological polar surface area (TPSA) is 41.1 Å². The van der Waals surface area contributed by atoms with E-state index in [4.69, 9.17) is 0 Å². The van der Waals surface area contributed by atoms with E-state index in [1.165, 1.54) is 51.4 Å². The summed E-state index contributed by atoms with van der Waals surface area (Å²) in [6.45, 7) is 3.15. The van der Waals surface area contributed by atoms with Crippen molar-refractivity contribution in [3.8, 4) is 0 Å². The number of amides is 2. The van der Waals surface area contributed by atoms with Crippen molar-refractivity contribution in [3.63, 3.8) is 0 Å². The fourth-order valence-electron chi connectivity index (χ4n) is 3.36. The molecule has 2 N–H and O–H groups in total. The zero-order chi connectivity index (χ0) is 12.8. The van der Waals surface area contributed by atoms with E-state index in [0.29, 0.717) is 11.5 Å². The predicted octanol–water partition coefficient (Wildman–Crippen LogP) is 3.59. The van der Waals surface area contributed by atoms with Crippen LogP contribution in [0.2, 0.25) is 0 Å². The van der Waals surface area contributed by atoms with Crippen molar-refractivity contribution in [2.45, 2.75) is 77.2 Å². The third-order valence-corrected chi connectivity index (χ3v) is 4.68. The summed E-state index contributed by atoms with van der Waals surface area (Å²) in [5.41, 5.74) is 0.335. The van der Waals surface area contributed by atoms with Gasteiger partial charge in [0.1, 0.15) is 0 Å². The van der Waals surface area contributed by atoms with Gasteiger partial charge in [-0.2, -0.15) is 0 Å². The highest BCUT2D eigenvalue weighted by Gasteiger charge is 2.27. The summed E-state index contributed by atoms with van der Waals surface area (Å²) in [6.07, 6.45) is 12.7. The van der Waals surface area contributed by atoms with Gasteiger partial charge in [0.25, 0.3) is 0 Å². The van der Waals surface area contributed by atoms with Gasteiger partial charge in [-0.25, -0.2) is 4.79 Å². The molecule has 2 rings (SSSR count). The van der Waals surface area contributed by atoms with Gasteiger partial charge in [-0.15, -0.1) is 0 Å². The molecular formula is C15H28N2O. The van der Waals surface area contributed by atoms with E-state index in [1.54, 1.807) is 0 Å². The molecule has 0 atom stereocenters. The Morgan fingerprint density at radius 2 is 1.67 bits per heavy atom. The van der Waals surface area contributed by atoms with Crippen LogP contribution >= 0.6 is 0 Å². The SMILES string of the molecule is CC1(CNC(=O)NC2CCCCC2)CCCCC1. The minimum absolute atomic E-state index is 0.0497. The van der Waals surface area contributed by atoms with Crippen LogP contribution < -0.4 is 10.6 Å². The van der Waals surface area contributed by atoms with E-state index < -0.39 is 0 Å². The molecule has 0 aromatic heterocycles. The van der Waals surface area contributed by atoms with Gasteiger partial charge in [-0.3, -0.25) is 0 Å². The molecule has 0 saturated heterocycles. The molecule has 104 valence electrons. The molecule has 0 bridgehead atoms. The first-order valence-electron chi connectivity index (χ1n) is 7.72. The molecule has 2 amide bonds. The molecule has 0 spiro atoms. The summed E-state index contributed by atoms with van der Waals surface area (Å²) in [5.74, 6) is 0. The Labute approximate surface area is 111 Å². The summed E-state index contributed by atoms with van der Waals surface area (Å²) < 4.78 is 0. The van der Waals surface area contributed by atoms with Crippen LogP contribution in [0.3, 0.4) is 0 Å². The Morgan fingerprint density at radius 3 is 2.33 bits per heavy atom. The van der Waals surface area contributed by atoms with Crippen molar-refractivity contribution in [3.05, 3.63) is 0 Å². The molecule has 2 aliphatic carbocycles. The van der Waals surface area contributed by atoms with Gasteiger partial charge in [-0.1, -0.05) is 45.4 Å². The first-order chi connectivity index (χ1) is 8.68. The van der Waals surface area contributed by atoms with E-state index in [1.807, 2.05) is 0 Å². The molecule has 3 heteroatoms. The first-order valence-corrected chi connectivity index (χ1v) is 7.72. The van der Waals surface area contributed by atoms with Crippen LogP contribution in [0.4, 0.5) is 4.79 Å². The normalized spacial score (nSPS) is 24.5. The van der Waals surface area contributed by atoms with E-state index in [-0.39, 0.29) is 6.03 Å². The Hall–Kier alpha value is -0.730. The average molecular weight is 252 g/mol.